The van der Waals surface area contributed by atoms with Crippen LogP contribution in [0.15, 0.2) is 6.20 Å². The molecule has 1 heterocycles. The van der Waals surface area contributed by atoms with Crippen LogP contribution in [0.25, 0.3) is 0 Å². The van der Waals surface area contributed by atoms with Crippen LogP contribution >= 0.6 is 0 Å². The molecular weight excluding hydrogens is 292 g/mol. The molecule has 22 heavy (non-hydrogen) atoms. The summed E-state index contributed by atoms with van der Waals surface area (Å²) >= 11 is 0. The number of aromatic nitrogens is 2. The summed E-state index contributed by atoms with van der Waals surface area (Å²) in [4.78, 5) is 0. The third-order valence-corrected chi connectivity index (χ3v) is 9.23. The summed E-state index contributed by atoms with van der Waals surface area (Å²) in [6.07, 6.45) is 3.94. The SMILES string of the molecule is C[C@H](CCCO[Si](C)(C)C(C)(C)C)CNc1c(N)cnn1C. The molecule has 0 aliphatic heterocycles. The topological polar surface area (TPSA) is 65.1 Å². The molecule has 0 spiro atoms. The second-order valence-corrected chi connectivity index (χ2v) is 12.6. The number of nitrogens with zero attached hydrogens (tertiary/aromatic N) is 2. The number of anilines is 2. The van der Waals surface area contributed by atoms with E-state index in [2.05, 4.69) is 51.2 Å². The highest BCUT2D eigenvalue weighted by molar-refractivity contribution is 6.74. The molecule has 5 nitrogen and oxygen atoms in total. The smallest absolute Gasteiger partial charge is 0.191 e. The molecule has 0 radical (unpaired) electrons. The van der Waals surface area contributed by atoms with Gasteiger partial charge in [0.2, 0.25) is 0 Å². The Morgan fingerprint density at radius 1 is 1.41 bits per heavy atom. The normalized spacial score (nSPS) is 14.1. The molecule has 0 saturated carbocycles. The van der Waals surface area contributed by atoms with Crippen LogP contribution in [0.3, 0.4) is 0 Å². The van der Waals surface area contributed by atoms with Crippen molar-refractivity contribution in [3.8, 4) is 0 Å². The summed E-state index contributed by atoms with van der Waals surface area (Å²) < 4.78 is 8.00. The highest BCUT2D eigenvalue weighted by Crippen LogP contribution is 2.36. The lowest BCUT2D eigenvalue weighted by Crippen LogP contribution is -2.41. The molecule has 1 aromatic rings. The largest absolute Gasteiger partial charge is 0.417 e. The molecule has 0 saturated heterocycles. The molecule has 0 fully saturated rings. The van der Waals surface area contributed by atoms with Gasteiger partial charge in [-0.25, -0.2) is 0 Å². The van der Waals surface area contributed by atoms with E-state index in [1.165, 1.54) is 0 Å². The fraction of sp³-hybridized carbons (Fsp3) is 0.812. The summed E-state index contributed by atoms with van der Waals surface area (Å²) in [5, 5.41) is 7.81. The van der Waals surface area contributed by atoms with Crippen LogP contribution in [0.2, 0.25) is 18.1 Å². The number of nitrogens with two attached hydrogens (primary N) is 1. The van der Waals surface area contributed by atoms with Crippen LogP contribution in [0, 0.1) is 5.92 Å². The number of hydrogen-bond acceptors (Lipinski definition) is 4. The molecule has 0 bridgehead atoms. The summed E-state index contributed by atoms with van der Waals surface area (Å²) in [5.74, 6) is 1.49. The Balaban J connectivity index is 2.26. The molecule has 3 N–H and O–H groups in total. The van der Waals surface area contributed by atoms with Gasteiger partial charge in [-0.2, -0.15) is 5.10 Å². The van der Waals surface area contributed by atoms with Crippen LogP contribution < -0.4 is 11.1 Å². The Labute approximate surface area is 136 Å². The Hall–Kier alpha value is -1.01. The monoisotopic (exact) mass is 326 g/mol. The first-order chi connectivity index (χ1) is 10.0. The molecule has 1 atom stereocenters. The number of nitrogen functional groups attached to an aromatic ring is 1. The summed E-state index contributed by atoms with van der Waals surface area (Å²) in [6, 6.07) is 0. The van der Waals surface area contributed by atoms with Crippen molar-refractivity contribution in [2.24, 2.45) is 13.0 Å². The van der Waals surface area contributed by atoms with Gasteiger partial charge in [-0.1, -0.05) is 27.7 Å². The van der Waals surface area contributed by atoms with Gasteiger partial charge in [-0.3, -0.25) is 4.68 Å². The summed E-state index contributed by atoms with van der Waals surface area (Å²) in [6.45, 7) is 15.5. The maximum atomic E-state index is 6.22. The van der Waals surface area contributed by atoms with E-state index in [9.17, 15) is 0 Å². The van der Waals surface area contributed by atoms with E-state index < -0.39 is 8.32 Å². The minimum Gasteiger partial charge on any atom is -0.417 e. The summed E-state index contributed by atoms with van der Waals surface area (Å²) in [5.41, 5.74) is 6.58. The van der Waals surface area contributed by atoms with E-state index in [0.717, 1.165) is 31.8 Å². The predicted octanol–water partition coefficient (Wildman–Crippen LogP) is 3.85. The van der Waals surface area contributed by atoms with E-state index in [0.29, 0.717) is 11.6 Å². The van der Waals surface area contributed by atoms with E-state index in [4.69, 9.17) is 10.2 Å². The fourth-order valence-electron chi connectivity index (χ4n) is 2.02. The number of hydrogen-bond donors (Lipinski definition) is 2. The second-order valence-electron chi connectivity index (χ2n) is 7.81. The van der Waals surface area contributed by atoms with Crippen molar-refractivity contribution in [3.63, 3.8) is 0 Å². The first kappa shape index (κ1) is 19.0. The lowest BCUT2D eigenvalue weighted by atomic mass is 10.1. The zero-order valence-corrected chi connectivity index (χ0v) is 16.4. The van der Waals surface area contributed by atoms with Gasteiger partial charge < -0.3 is 15.5 Å². The van der Waals surface area contributed by atoms with Crippen LogP contribution in [0.4, 0.5) is 11.5 Å². The molecule has 1 aromatic heterocycles. The van der Waals surface area contributed by atoms with E-state index in [1.54, 1.807) is 10.9 Å². The molecule has 1 rings (SSSR count). The van der Waals surface area contributed by atoms with Crippen molar-refractivity contribution >= 4 is 19.8 Å². The van der Waals surface area contributed by atoms with Crippen molar-refractivity contribution in [2.75, 3.05) is 24.2 Å². The molecule has 0 amide bonds. The fourth-order valence-corrected chi connectivity index (χ4v) is 3.11. The van der Waals surface area contributed by atoms with Gasteiger partial charge in [0.15, 0.2) is 8.32 Å². The lowest BCUT2D eigenvalue weighted by Gasteiger charge is -2.36. The van der Waals surface area contributed by atoms with Crippen LogP contribution in [-0.2, 0) is 11.5 Å². The third-order valence-electron chi connectivity index (χ3n) is 4.70. The van der Waals surface area contributed by atoms with Crippen LogP contribution in [-0.4, -0.2) is 31.2 Å². The average molecular weight is 327 g/mol. The highest BCUT2D eigenvalue weighted by Gasteiger charge is 2.36. The van der Waals surface area contributed by atoms with Crippen molar-refractivity contribution in [1.82, 2.24) is 9.78 Å². The molecule has 0 aromatic carbocycles. The van der Waals surface area contributed by atoms with E-state index in [-0.39, 0.29) is 5.04 Å². The van der Waals surface area contributed by atoms with Crippen LogP contribution in [0.1, 0.15) is 40.5 Å². The Morgan fingerprint density at radius 3 is 2.55 bits per heavy atom. The van der Waals surface area contributed by atoms with Crippen molar-refractivity contribution in [3.05, 3.63) is 6.20 Å². The van der Waals surface area contributed by atoms with Crippen molar-refractivity contribution in [2.45, 2.75) is 58.7 Å². The van der Waals surface area contributed by atoms with Gasteiger partial charge >= 0.3 is 0 Å². The lowest BCUT2D eigenvalue weighted by molar-refractivity contribution is 0.271. The Kier molecular flexibility index (Phi) is 6.49. The van der Waals surface area contributed by atoms with Gasteiger partial charge in [0, 0.05) is 20.2 Å². The second kappa shape index (κ2) is 7.50. The standard InChI is InChI=1S/C16H34N4OSi/c1-13(11-18-15-14(17)12-19-20(15)5)9-8-10-21-22(6,7)16(2,3)4/h12-13,18H,8-11,17H2,1-7H3/t13-/m1/s1. The maximum absolute atomic E-state index is 6.22. The van der Waals surface area contributed by atoms with E-state index in [1.807, 2.05) is 7.05 Å². The molecular formula is C16H34N4OSi. The van der Waals surface area contributed by atoms with Crippen LogP contribution in [0.5, 0.6) is 0 Å². The van der Waals surface area contributed by atoms with Gasteiger partial charge in [0.05, 0.1) is 11.9 Å². The molecule has 128 valence electrons. The molecule has 0 aliphatic carbocycles. The minimum absolute atomic E-state index is 0.289. The molecule has 6 heteroatoms. The summed E-state index contributed by atoms with van der Waals surface area (Å²) in [7, 11) is 0.302. The quantitative estimate of drug-likeness (QED) is 0.562. The van der Waals surface area contributed by atoms with Crippen molar-refractivity contribution < 1.29 is 4.43 Å². The minimum atomic E-state index is -1.60. The van der Waals surface area contributed by atoms with Gasteiger partial charge in [0.25, 0.3) is 0 Å². The zero-order chi connectivity index (χ0) is 17.0. The predicted molar refractivity (Wildman–Crippen MR) is 97.7 cm³/mol. The van der Waals surface area contributed by atoms with Crippen molar-refractivity contribution in [1.29, 1.82) is 0 Å². The maximum Gasteiger partial charge on any atom is 0.191 e. The van der Waals surface area contributed by atoms with E-state index >= 15 is 0 Å². The van der Waals surface area contributed by atoms with Gasteiger partial charge in [-0.15, -0.1) is 0 Å². The first-order valence-electron chi connectivity index (χ1n) is 8.20. The molecule has 0 aliphatic rings. The zero-order valence-electron chi connectivity index (χ0n) is 15.4. The average Bonchev–Trinajstić information content (AvgIpc) is 2.70. The highest BCUT2D eigenvalue weighted by atomic mass is 28.4. The first-order valence-corrected chi connectivity index (χ1v) is 11.1. The molecule has 0 unspecified atom stereocenters. The van der Waals surface area contributed by atoms with Gasteiger partial charge in [-0.05, 0) is 36.9 Å². The Morgan fingerprint density at radius 2 is 2.05 bits per heavy atom. The van der Waals surface area contributed by atoms with Gasteiger partial charge in [0.1, 0.15) is 5.82 Å². The number of aryl methyl sites for hydroxylation is 1. The third kappa shape index (κ3) is 5.32. The number of rotatable bonds is 8. The number of nitrogens with one attached hydrogen (secondary N) is 1. The Bertz CT molecular complexity index is 446.